The molecule has 1 N–H and O–H groups in total. The summed E-state index contributed by atoms with van der Waals surface area (Å²) < 4.78 is 1.65. The second-order valence-corrected chi connectivity index (χ2v) is 7.83. The number of nitrogens with one attached hydrogen (secondary N) is 1. The Kier molecular flexibility index (Phi) is 5.11. The van der Waals surface area contributed by atoms with Crippen LogP contribution in [0.25, 0.3) is 0 Å². The first-order valence-electron chi connectivity index (χ1n) is 9.04. The quantitative estimate of drug-likeness (QED) is 0.931. The number of nitrogens with zero attached hydrogens (tertiary/aromatic N) is 3. The Morgan fingerprint density at radius 1 is 1.20 bits per heavy atom. The molecule has 1 aromatic heterocycles. The van der Waals surface area contributed by atoms with Crippen LogP contribution in [0, 0.1) is 0 Å². The maximum absolute atomic E-state index is 12.1. The van der Waals surface area contributed by atoms with Crippen molar-refractivity contribution in [3.05, 3.63) is 48.3 Å². The van der Waals surface area contributed by atoms with Crippen LogP contribution >= 0.6 is 0 Å². The molecular weight excluding hydrogens is 312 g/mol. The van der Waals surface area contributed by atoms with E-state index in [1.165, 1.54) is 11.3 Å². The fourth-order valence-electron chi connectivity index (χ4n) is 3.27. The normalized spacial score (nSPS) is 16.0. The molecule has 0 unspecified atom stereocenters. The zero-order chi connectivity index (χ0) is 17.9. The fraction of sp³-hybridized carbons (Fsp3) is 0.500. The highest BCUT2D eigenvalue weighted by Crippen LogP contribution is 2.26. The van der Waals surface area contributed by atoms with Gasteiger partial charge >= 0.3 is 0 Å². The Morgan fingerprint density at radius 3 is 2.44 bits per heavy atom. The van der Waals surface area contributed by atoms with E-state index >= 15 is 0 Å². The number of hydrogen-bond acceptors (Lipinski definition) is 3. The molecule has 1 aliphatic heterocycles. The molecule has 0 saturated carbocycles. The van der Waals surface area contributed by atoms with Crippen LogP contribution in [0.4, 0.5) is 5.69 Å². The van der Waals surface area contributed by atoms with Crippen LogP contribution in [0.3, 0.4) is 0 Å². The lowest BCUT2D eigenvalue weighted by atomic mass is 9.87. The van der Waals surface area contributed by atoms with E-state index in [1.54, 1.807) is 10.9 Å². The molecule has 0 bridgehead atoms. The van der Waals surface area contributed by atoms with E-state index in [2.05, 4.69) is 60.4 Å². The Labute approximate surface area is 150 Å². The third kappa shape index (κ3) is 4.62. The summed E-state index contributed by atoms with van der Waals surface area (Å²) in [5.74, 6) is 0.0386. The first-order chi connectivity index (χ1) is 11.9. The van der Waals surface area contributed by atoms with Crippen molar-refractivity contribution in [2.45, 2.75) is 51.6 Å². The number of benzene rings is 1. The molecule has 1 amide bonds. The largest absolute Gasteiger partial charge is 0.371 e. The highest BCUT2D eigenvalue weighted by Gasteiger charge is 2.21. The van der Waals surface area contributed by atoms with Gasteiger partial charge in [-0.05, 0) is 42.0 Å². The molecule has 0 radical (unpaired) electrons. The molecule has 0 spiro atoms. The summed E-state index contributed by atoms with van der Waals surface area (Å²) in [7, 11) is 0. The Balaban J connectivity index is 1.49. The SMILES string of the molecule is CC(C)(C)c1ccc(N2CCC(NC(=O)Cn3cccn3)CC2)cc1. The maximum atomic E-state index is 12.1. The second-order valence-electron chi connectivity index (χ2n) is 7.83. The molecule has 1 aromatic carbocycles. The lowest BCUT2D eigenvalue weighted by molar-refractivity contribution is -0.122. The summed E-state index contributed by atoms with van der Waals surface area (Å²) in [5.41, 5.74) is 2.82. The highest BCUT2D eigenvalue weighted by molar-refractivity contribution is 5.76. The average molecular weight is 340 g/mol. The summed E-state index contributed by atoms with van der Waals surface area (Å²) in [4.78, 5) is 14.5. The van der Waals surface area contributed by atoms with E-state index < -0.39 is 0 Å². The Bertz CT molecular complexity index is 677. The summed E-state index contributed by atoms with van der Waals surface area (Å²) in [6.07, 6.45) is 5.46. The van der Waals surface area contributed by atoms with E-state index in [-0.39, 0.29) is 17.4 Å². The molecule has 1 fully saturated rings. The molecule has 25 heavy (non-hydrogen) atoms. The summed E-state index contributed by atoms with van der Waals surface area (Å²) in [6.45, 7) is 8.95. The Hall–Kier alpha value is -2.30. The van der Waals surface area contributed by atoms with Crippen LogP contribution in [-0.4, -0.2) is 34.8 Å². The molecule has 2 aromatic rings. The number of piperidine rings is 1. The van der Waals surface area contributed by atoms with Crippen LogP contribution in [0.1, 0.15) is 39.2 Å². The van der Waals surface area contributed by atoms with Crippen LogP contribution in [0.5, 0.6) is 0 Å². The molecular formula is C20H28N4O. The number of anilines is 1. The third-order valence-electron chi connectivity index (χ3n) is 4.82. The summed E-state index contributed by atoms with van der Waals surface area (Å²) in [5, 5.41) is 7.20. The first-order valence-corrected chi connectivity index (χ1v) is 9.04. The molecule has 0 aliphatic carbocycles. The van der Waals surface area contributed by atoms with E-state index in [0.717, 1.165) is 25.9 Å². The summed E-state index contributed by atoms with van der Waals surface area (Å²) in [6, 6.07) is 11.0. The molecule has 1 aliphatic rings. The number of hydrogen-bond donors (Lipinski definition) is 1. The zero-order valence-corrected chi connectivity index (χ0v) is 15.4. The minimum Gasteiger partial charge on any atom is -0.371 e. The molecule has 5 nitrogen and oxygen atoms in total. The van der Waals surface area contributed by atoms with E-state index in [4.69, 9.17) is 0 Å². The van der Waals surface area contributed by atoms with Gasteiger partial charge in [-0.25, -0.2) is 0 Å². The monoisotopic (exact) mass is 340 g/mol. The van der Waals surface area contributed by atoms with Gasteiger partial charge in [0.15, 0.2) is 0 Å². The van der Waals surface area contributed by atoms with Gasteiger partial charge in [0.05, 0.1) is 0 Å². The third-order valence-corrected chi connectivity index (χ3v) is 4.82. The molecule has 2 heterocycles. The number of carbonyl (C=O) groups is 1. The second kappa shape index (κ2) is 7.30. The molecule has 0 atom stereocenters. The van der Waals surface area contributed by atoms with Crippen molar-refractivity contribution < 1.29 is 4.79 Å². The van der Waals surface area contributed by atoms with Gasteiger partial charge in [-0.15, -0.1) is 0 Å². The minimum atomic E-state index is 0.0386. The van der Waals surface area contributed by atoms with Crippen LogP contribution in [-0.2, 0) is 16.8 Å². The van der Waals surface area contributed by atoms with E-state index in [0.29, 0.717) is 6.54 Å². The van der Waals surface area contributed by atoms with Gasteiger partial charge in [-0.1, -0.05) is 32.9 Å². The van der Waals surface area contributed by atoms with Gasteiger partial charge in [0.1, 0.15) is 6.54 Å². The minimum absolute atomic E-state index is 0.0386. The van der Waals surface area contributed by atoms with Crippen molar-refractivity contribution in [1.29, 1.82) is 0 Å². The van der Waals surface area contributed by atoms with Gasteiger partial charge in [0, 0.05) is 37.2 Å². The Morgan fingerprint density at radius 2 is 1.88 bits per heavy atom. The lowest BCUT2D eigenvalue weighted by Gasteiger charge is -2.34. The molecule has 5 heteroatoms. The average Bonchev–Trinajstić information content (AvgIpc) is 3.08. The smallest absolute Gasteiger partial charge is 0.241 e. The van der Waals surface area contributed by atoms with Crippen molar-refractivity contribution in [2.75, 3.05) is 18.0 Å². The van der Waals surface area contributed by atoms with Gasteiger partial charge in [0.2, 0.25) is 5.91 Å². The van der Waals surface area contributed by atoms with Crippen molar-refractivity contribution in [3.63, 3.8) is 0 Å². The first kappa shape index (κ1) is 17.5. The van der Waals surface area contributed by atoms with Crippen molar-refractivity contribution in [3.8, 4) is 0 Å². The zero-order valence-electron chi connectivity index (χ0n) is 15.4. The van der Waals surface area contributed by atoms with Gasteiger partial charge in [-0.3, -0.25) is 9.48 Å². The predicted octanol–water partition coefficient (Wildman–Crippen LogP) is 2.97. The lowest BCUT2D eigenvalue weighted by Crippen LogP contribution is -2.45. The van der Waals surface area contributed by atoms with Crippen molar-refractivity contribution in [1.82, 2.24) is 15.1 Å². The van der Waals surface area contributed by atoms with Gasteiger partial charge in [-0.2, -0.15) is 5.10 Å². The van der Waals surface area contributed by atoms with E-state index in [9.17, 15) is 4.79 Å². The summed E-state index contributed by atoms with van der Waals surface area (Å²) >= 11 is 0. The standard InChI is InChI=1S/C20H28N4O/c1-20(2,3)16-5-7-18(8-6-16)23-13-9-17(10-14-23)22-19(25)15-24-12-4-11-21-24/h4-8,11-12,17H,9-10,13-15H2,1-3H3,(H,22,25). The van der Waals surface area contributed by atoms with E-state index in [1.807, 2.05) is 12.3 Å². The number of aromatic nitrogens is 2. The fourth-order valence-corrected chi connectivity index (χ4v) is 3.27. The highest BCUT2D eigenvalue weighted by atomic mass is 16.2. The van der Waals surface area contributed by atoms with Crippen molar-refractivity contribution >= 4 is 11.6 Å². The van der Waals surface area contributed by atoms with Crippen molar-refractivity contribution in [2.24, 2.45) is 0 Å². The van der Waals surface area contributed by atoms with Gasteiger partial charge in [0.25, 0.3) is 0 Å². The number of carbonyl (C=O) groups excluding carboxylic acids is 1. The number of rotatable bonds is 4. The van der Waals surface area contributed by atoms with Crippen LogP contribution in [0.2, 0.25) is 0 Å². The predicted molar refractivity (Wildman–Crippen MR) is 101 cm³/mol. The number of amides is 1. The van der Waals surface area contributed by atoms with Crippen LogP contribution in [0.15, 0.2) is 42.7 Å². The molecule has 134 valence electrons. The molecule has 1 saturated heterocycles. The molecule has 3 rings (SSSR count). The van der Waals surface area contributed by atoms with Gasteiger partial charge < -0.3 is 10.2 Å². The topological polar surface area (TPSA) is 50.2 Å². The van der Waals surface area contributed by atoms with Crippen LogP contribution < -0.4 is 10.2 Å². The maximum Gasteiger partial charge on any atom is 0.241 e.